The highest BCUT2D eigenvalue weighted by Gasteiger charge is 2.33. The van der Waals surface area contributed by atoms with E-state index in [1.165, 1.54) is 10.6 Å². The summed E-state index contributed by atoms with van der Waals surface area (Å²) in [5.41, 5.74) is 1.09. The van der Waals surface area contributed by atoms with Crippen molar-refractivity contribution in [2.45, 2.75) is 39.3 Å². The van der Waals surface area contributed by atoms with Crippen LogP contribution in [-0.4, -0.2) is 48.9 Å². The zero-order valence-electron chi connectivity index (χ0n) is 14.1. The minimum Gasteiger partial charge on any atom is -0.336 e. The van der Waals surface area contributed by atoms with Crippen LogP contribution in [-0.2, 0) is 21.4 Å². The molecular formula is C17H26N2O3S. The van der Waals surface area contributed by atoms with E-state index < -0.39 is 10.0 Å². The molecule has 1 aliphatic rings. The number of rotatable bonds is 5. The van der Waals surface area contributed by atoms with Crippen LogP contribution in [0.15, 0.2) is 30.3 Å². The SMILES string of the molecule is CC(C)N(Cc1ccccc1)C(=O)C1CCCN(S(C)(=O)=O)C1. The summed E-state index contributed by atoms with van der Waals surface area (Å²) in [6.45, 7) is 5.38. The Kier molecular flexibility index (Phi) is 5.81. The summed E-state index contributed by atoms with van der Waals surface area (Å²) in [6.07, 6.45) is 2.70. The van der Waals surface area contributed by atoms with Crippen LogP contribution < -0.4 is 0 Å². The molecule has 1 aromatic rings. The molecule has 0 aromatic heterocycles. The molecule has 2 rings (SSSR count). The number of carbonyl (C=O) groups is 1. The van der Waals surface area contributed by atoms with Crippen molar-refractivity contribution in [1.82, 2.24) is 9.21 Å². The fourth-order valence-electron chi connectivity index (χ4n) is 2.97. The van der Waals surface area contributed by atoms with Gasteiger partial charge >= 0.3 is 0 Å². The first-order chi connectivity index (χ1) is 10.8. The molecule has 1 aromatic carbocycles. The Morgan fingerprint density at radius 2 is 1.96 bits per heavy atom. The van der Waals surface area contributed by atoms with Gasteiger partial charge in [0.25, 0.3) is 0 Å². The van der Waals surface area contributed by atoms with Crippen LogP contribution in [0.1, 0.15) is 32.3 Å². The van der Waals surface area contributed by atoms with Gasteiger partial charge in [0.2, 0.25) is 15.9 Å². The number of benzene rings is 1. The van der Waals surface area contributed by atoms with E-state index in [1.54, 1.807) is 0 Å². The normalized spacial score (nSPS) is 19.7. The topological polar surface area (TPSA) is 57.7 Å². The summed E-state index contributed by atoms with van der Waals surface area (Å²) in [7, 11) is -3.23. The fraction of sp³-hybridized carbons (Fsp3) is 0.588. The Bertz CT molecular complexity index is 628. The quantitative estimate of drug-likeness (QED) is 0.826. The lowest BCUT2D eigenvalue weighted by atomic mass is 9.97. The van der Waals surface area contributed by atoms with Crippen molar-refractivity contribution >= 4 is 15.9 Å². The second-order valence-electron chi connectivity index (χ2n) is 6.51. The smallest absolute Gasteiger partial charge is 0.227 e. The van der Waals surface area contributed by atoms with Crippen LogP contribution in [0.2, 0.25) is 0 Å². The van der Waals surface area contributed by atoms with Gasteiger partial charge in [-0.2, -0.15) is 0 Å². The van der Waals surface area contributed by atoms with Gasteiger partial charge < -0.3 is 4.90 Å². The Morgan fingerprint density at radius 3 is 2.52 bits per heavy atom. The lowest BCUT2D eigenvalue weighted by Crippen LogP contribution is -2.48. The first kappa shape index (κ1) is 17.9. The molecule has 0 bridgehead atoms. The summed E-state index contributed by atoms with van der Waals surface area (Å²) >= 11 is 0. The van der Waals surface area contributed by atoms with Crippen LogP contribution in [0.25, 0.3) is 0 Å². The van der Waals surface area contributed by atoms with Crippen molar-refractivity contribution in [2.24, 2.45) is 5.92 Å². The van der Waals surface area contributed by atoms with Gasteiger partial charge in [-0.1, -0.05) is 30.3 Å². The number of amides is 1. The molecule has 1 amide bonds. The molecule has 0 radical (unpaired) electrons. The van der Waals surface area contributed by atoms with Gasteiger partial charge in [0.05, 0.1) is 12.2 Å². The highest BCUT2D eigenvalue weighted by Crippen LogP contribution is 2.22. The van der Waals surface area contributed by atoms with E-state index in [4.69, 9.17) is 0 Å². The second-order valence-corrected chi connectivity index (χ2v) is 8.49. The van der Waals surface area contributed by atoms with Crippen LogP contribution in [0, 0.1) is 5.92 Å². The van der Waals surface area contributed by atoms with Crippen LogP contribution in [0.3, 0.4) is 0 Å². The lowest BCUT2D eigenvalue weighted by Gasteiger charge is -2.35. The number of piperidine rings is 1. The van der Waals surface area contributed by atoms with Crippen molar-refractivity contribution in [2.75, 3.05) is 19.3 Å². The molecule has 23 heavy (non-hydrogen) atoms. The third-order valence-corrected chi connectivity index (χ3v) is 5.57. The van der Waals surface area contributed by atoms with Crippen molar-refractivity contribution < 1.29 is 13.2 Å². The van der Waals surface area contributed by atoms with Crippen LogP contribution in [0.5, 0.6) is 0 Å². The summed E-state index contributed by atoms with van der Waals surface area (Å²) in [4.78, 5) is 14.8. The van der Waals surface area contributed by atoms with E-state index in [0.717, 1.165) is 18.4 Å². The Labute approximate surface area is 139 Å². The van der Waals surface area contributed by atoms with Gasteiger partial charge in [0.15, 0.2) is 0 Å². The van der Waals surface area contributed by atoms with E-state index >= 15 is 0 Å². The second kappa shape index (κ2) is 7.45. The first-order valence-electron chi connectivity index (χ1n) is 8.08. The molecule has 128 valence electrons. The molecule has 1 fully saturated rings. The third kappa shape index (κ3) is 4.78. The van der Waals surface area contributed by atoms with Gasteiger partial charge in [-0.15, -0.1) is 0 Å². The van der Waals surface area contributed by atoms with Crippen molar-refractivity contribution in [1.29, 1.82) is 0 Å². The number of sulfonamides is 1. The summed E-state index contributed by atoms with van der Waals surface area (Å²) < 4.78 is 24.9. The molecule has 6 heteroatoms. The van der Waals surface area contributed by atoms with E-state index in [9.17, 15) is 13.2 Å². The maximum Gasteiger partial charge on any atom is 0.227 e. The predicted octanol–water partition coefficient (Wildman–Crippen LogP) is 2.10. The number of carbonyl (C=O) groups excluding carboxylic acids is 1. The van der Waals surface area contributed by atoms with Crippen LogP contribution >= 0.6 is 0 Å². The van der Waals surface area contributed by atoms with Gasteiger partial charge in [-0.05, 0) is 32.3 Å². The molecule has 1 saturated heterocycles. The van der Waals surface area contributed by atoms with E-state index in [0.29, 0.717) is 19.6 Å². The van der Waals surface area contributed by atoms with Crippen molar-refractivity contribution in [3.63, 3.8) is 0 Å². The largest absolute Gasteiger partial charge is 0.336 e. The zero-order valence-corrected chi connectivity index (χ0v) is 14.9. The number of nitrogens with zero attached hydrogens (tertiary/aromatic N) is 2. The fourth-order valence-corrected chi connectivity index (χ4v) is 3.89. The van der Waals surface area contributed by atoms with Gasteiger partial charge in [0.1, 0.15) is 0 Å². The average molecular weight is 338 g/mol. The molecule has 0 saturated carbocycles. The Hall–Kier alpha value is -1.40. The third-order valence-electron chi connectivity index (χ3n) is 4.30. The lowest BCUT2D eigenvalue weighted by molar-refractivity contribution is -0.139. The van der Waals surface area contributed by atoms with Crippen LogP contribution in [0.4, 0.5) is 0 Å². The monoisotopic (exact) mass is 338 g/mol. The van der Waals surface area contributed by atoms with Gasteiger partial charge in [-0.3, -0.25) is 4.79 Å². The molecule has 1 unspecified atom stereocenters. The van der Waals surface area contributed by atoms with E-state index in [1.807, 2.05) is 49.1 Å². The average Bonchev–Trinajstić information content (AvgIpc) is 2.52. The number of hydrogen-bond donors (Lipinski definition) is 0. The maximum absolute atomic E-state index is 12.9. The molecule has 0 spiro atoms. The summed E-state index contributed by atoms with van der Waals surface area (Å²) in [6, 6.07) is 9.97. The van der Waals surface area contributed by atoms with Crippen molar-refractivity contribution in [3.05, 3.63) is 35.9 Å². The molecule has 0 N–H and O–H groups in total. The summed E-state index contributed by atoms with van der Waals surface area (Å²) in [5, 5.41) is 0. The minimum absolute atomic E-state index is 0.0530. The molecule has 0 aliphatic carbocycles. The van der Waals surface area contributed by atoms with Gasteiger partial charge in [0, 0.05) is 25.7 Å². The van der Waals surface area contributed by atoms with Crippen molar-refractivity contribution in [3.8, 4) is 0 Å². The Morgan fingerprint density at radius 1 is 1.30 bits per heavy atom. The summed E-state index contributed by atoms with van der Waals surface area (Å²) in [5.74, 6) is -0.193. The minimum atomic E-state index is -3.23. The van der Waals surface area contributed by atoms with E-state index in [2.05, 4.69) is 0 Å². The maximum atomic E-state index is 12.9. The first-order valence-corrected chi connectivity index (χ1v) is 9.93. The number of hydrogen-bond acceptors (Lipinski definition) is 3. The molecule has 5 nitrogen and oxygen atoms in total. The zero-order chi connectivity index (χ0) is 17.0. The molecule has 1 heterocycles. The Balaban J connectivity index is 2.11. The highest BCUT2D eigenvalue weighted by molar-refractivity contribution is 7.88. The molecular weight excluding hydrogens is 312 g/mol. The van der Waals surface area contributed by atoms with Gasteiger partial charge in [-0.25, -0.2) is 12.7 Å². The van der Waals surface area contributed by atoms with E-state index in [-0.39, 0.29) is 17.9 Å². The standard InChI is InChI=1S/C17H26N2O3S/c1-14(2)19(12-15-8-5-4-6-9-15)17(20)16-10-7-11-18(13-16)23(3,21)22/h4-6,8-9,14,16H,7,10-13H2,1-3H3. The molecule has 1 atom stereocenters. The predicted molar refractivity (Wildman–Crippen MR) is 91.3 cm³/mol. The molecule has 1 aliphatic heterocycles. The highest BCUT2D eigenvalue weighted by atomic mass is 32.2.